The molecule has 0 atom stereocenters. The number of halogens is 1. The van der Waals surface area contributed by atoms with E-state index in [4.69, 9.17) is 4.74 Å². The van der Waals surface area contributed by atoms with Crippen LogP contribution in [0.25, 0.3) is 0 Å². The average molecular weight is 381 g/mol. The zero-order chi connectivity index (χ0) is 14.5. The first kappa shape index (κ1) is 14.8. The van der Waals surface area contributed by atoms with Gasteiger partial charge in [-0.2, -0.15) is 0 Å². The van der Waals surface area contributed by atoms with Crippen molar-refractivity contribution in [2.24, 2.45) is 0 Å². The summed E-state index contributed by atoms with van der Waals surface area (Å²) < 4.78 is 6.63. The highest BCUT2D eigenvalue weighted by molar-refractivity contribution is 14.1. The van der Waals surface area contributed by atoms with Gasteiger partial charge in [0.15, 0.2) is 0 Å². The van der Waals surface area contributed by atoms with Crippen molar-refractivity contribution in [3.05, 3.63) is 57.2 Å². The molecule has 4 heteroatoms. The summed E-state index contributed by atoms with van der Waals surface area (Å²) in [7, 11) is 0. The molecule has 0 unspecified atom stereocenters. The van der Waals surface area contributed by atoms with Gasteiger partial charge >= 0.3 is 0 Å². The molecule has 0 saturated carbocycles. The lowest BCUT2D eigenvalue weighted by atomic mass is 10.1. The summed E-state index contributed by atoms with van der Waals surface area (Å²) in [6, 6.07) is 13.2. The number of aryl methyl sites for hydroxylation is 1. The van der Waals surface area contributed by atoms with E-state index in [-0.39, 0.29) is 5.91 Å². The Morgan fingerprint density at radius 1 is 1.25 bits per heavy atom. The first-order chi connectivity index (χ1) is 9.61. The van der Waals surface area contributed by atoms with Gasteiger partial charge in [-0.15, -0.1) is 0 Å². The fourth-order valence-electron chi connectivity index (χ4n) is 1.89. The van der Waals surface area contributed by atoms with E-state index in [9.17, 15) is 4.79 Å². The number of anilines is 1. The summed E-state index contributed by atoms with van der Waals surface area (Å²) in [5.41, 5.74) is 2.41. The highest BCUT2D eigenvalue weighted by Crippen LogP contribution is 2.22. The van der Waals surface area contributed by atoms with Crippen molar-refractivity contribution in [2.45, 2.75) is 13.8 Å². The number of rotatable bonds is 4. The van der Waals surface area contributed by atoms with Gasteiger partial charge in [-0.3, -0.25) is 4.79 Å². The van der Waals surface area contributed by atoms with E-state index in [1.165, 1.54) is 0 Å². The molecule has 0 fully saturated rings. The predicted octanol–water partition coefficient (Wildman–Crippen LogP) is 4.25. The van der Waals surface area contributed by atoms with Gasteiger partial charge in [0.05, 0.1) is 12.2 Å². The summed E-state index contributed by atoms with van der Waals surface area (Å²) >= 11 is 2.25. The number of hydrogen-bond donors (Lipinski definition) is 1. The number of ether oxygens (including phenoxy) is 1. The van der Waals surface area contributed by atoms with Crippen LogP contribution in [0.1, 0.15) is 22.8 Å². The molecule has 0 spiro atoms. The zero-order valence-electron chi connectivity index (χ0n) is 11.4. The molecule has 0 heterocycles. The molecular weight excluding hydrogens is 365 g/mol. The van der Waals surface area contributed by atoms with Crippen LogP contribution in [0.3, 0.4) is 0 Å². The number of carbonyl (C=O) groups excluding carboxylic acids is 1. The van der Waals surface area contributed by atoms with Crippen molar-refractivity contribution < 1.29 is 9.53 Å². The molecule has 20 heavy (non-hydrogen) atoms. The first-order valence-corrected chi connectivity index (χ1v) is 7.49. The minimum atomic E-state index is -0.154. The third-order valence-corrected chi connectivity index (χ3v) is 3.54. The van der Waals surface area contributed by atoms with Crippen molar-refractivity contribution in [2.75, 3.05) is 11.9 Å². The molecule has 1 amide bonds. The van der Waals surface area contributed by atoms with Gasteiger partial charge in [0.25, 0.3) is 5.91 Å². The minimum Gasteiger partial charge on any atom is -0.493 e. The smallest absolute Gasteiger partial charge is 0.259 e. The monoisotopic (exact) mass is 381 g/mol. The van der Waals surface area contributed by atoms with E-state index < -0.39 is 0 Å². The molecule has 2 aromatic rings. The molecule has 0 bridgehead atoms. The van der Waals surface area contributed by atoms with Crippen LogP contribution in [0.5, 0.6) is 5.75 Å². The molecule has 0 aliphatic carbocycles. The lowest BCUT2D eigenvalue weighted by Crippen LogP contribution is -2.14. The molecule has 0 saturated heterocycles. The van der Waals surface area contributed by atoms with Crippen molar-refractivity contribution in [1.29, 1.82) is 0 Å². The Balaban J connectivity index is 2.24. The molecular formula is C16H16INO2. The number of benzene rings is 2. The first-order valence-electron chi connectivity index (χ1n) is 6.41. The summed E-state index contributed by atoms with van der Waals surface area (Å²) in [6.45, 7) is 4.41. The van der Waals surface area contributed by atoms with Crippen LogP contribution in [0.4, 0.5) is 5.69 Å². The Hall–Kier alpha value is -1.56. The van der Waals surface area contributed by atoms with E-state index in [1.54, 1.807) is 12.1 Å². The van der Waals surface area contributed by atoms with Gasteiger partial charge in [-0.1, -0.05) is 12.1 Å². The number of para-hydroxylation sites is 1. The van der Waals surface area contributed by atoms with E-state index >= 15 is 0 Å². The van der Waals surface area contributed by atoms with E-state index in [0.717, 1.165) is 14.8 Å². The molecule has 104 valence electrons. The van der Waals surface area contributed by atoms with Gasteiger partial charge in [-0.05, 0) is 72.3 Å². The van der Waals surface area contributed by atoms with Gasteiger partial charge in [0.2, 0.25) is 0 Å². The van der Waals surface area contributed by atoms with Crippen LogP contribution in [-0.4, -0.2) is 12.5 Å². The summed E-state index contributed by atoms with van der Waals surface area (Å²) in [5, 5.41) is 2.93. The van der Waals surface area contributed by atoms with Gasteiger partial charge < -0.3 is 10.1 Å². The maximum Gasteiger partial charge on any atom is 0.259 e. The van der Waals surface area contributed by atoms with E-state index in [1.807, 2.05) is 44.2 Å². The molecule has 1 N–H and O–H groups in total. The maximum atomic E-state index is 12.4. The zero-order valence-corrected chi connectivity index (χ0v) is 13.6. The summed E-state index contributed by atoms with van der Waals surface area (Å²) in [6.07, 6.45) is 0. The van der Waals surface area contributed by atoms with Crippen LogP contribution in [0, 0.1) is 10.5 Å². The van der Waals surface area contributed by atoms with Crippen LogP contribution >= 0.6 is 22.6 Å². The minimum absolute atomic E-state index is 0.154. The lowest BCUT2D eigenvalue weighted by molar-refractivity contribution is 0.102. The van der Waals surface area contributed by atoms with Crippen molar-refractivity contribution in [3.63, 3.8) is 0 Å². The number of carbonyl (C=O) groups is 1. The second kappa shape index (κ2) is 6.74. The van der Waals surface area contributed by atoms with Crippen LogP contribution in [0.15, 0.2) is 42.5 Å². The quantitative estimate of drug-likeness (QED) is 0.805. The van der Waals surface area contributed by atoms with Crippen LogP contribution in [0.2, 0.25) is 0 Å². The SMILES string of the molecule is CCOc1ccccc1C(=O)Nc1ccc(I)cc1C. The Labute approximate surface area is 132 Å². The van der Waals surface area contributed by atoms with Gasteiger partial charge in [0, 0.05) is 9.26 Å². The molecule has 0 aromatic heterocycles. The molecule has 2 rings (SSSR count). The number of hydrogen-bond acceptors (Lipinski definition) is 2. The van der Waals surface area contributed by atoms with Crippen LogP contribution < -0.4 is 10.1 Å². The molecule has 2 aromatic carbocycles. The van der Waals surface area contributed by atoms with Gasteiger partial charge in [-0.25, -0.2) is 0 Å². The van der Waals surface area contributed by atoms with Gasteiger partial charge in [0.1, 0.15) is 5.75 Å². The van der Waals surface area contributed by atoms with Crippen molar-refractivity contribution in [1.82, 2.24) is 0 Å². The Morgan fingerprint density at radius 3 is 2.70 bits per heavy atom. The Bertz CT molecular complexity index is 626. The summed E-state index contributed by atoms with van der Waals surface area (Å²) in [4.78, 5) is 12.4. The fraction of sp³-hybridized carbons (Fsp3) is 0.188. The second-order valence-corrected chi connectivity index (χ2v) is 5.59. The normalized spacial score (nSPS) is 10.2. The standard InChI is InChI=1S/C16H16INO2/c1-3-20-15-7-5-4-6-13(15)16(19)18-14-9-8-12(17)10-11(14)2/h4-10H,3H2,1-2H3,(H,18,19). The predicted molar refractivity (Wildman–Crippen MR) is 89.5 cm³/mol. The largest absolute Gasteiger partial charge is 0.493 e. The van der Waals surface area contributed by atoms with E-state index in [2.05, 4.69) is 27.9 Å². The topological polar surface area (TPSA) is 38.3 Å². The molecule has 0 aliphatic heterocycles. The number of nitrogens with one attached hydrogen (secondary N) is 1. The highest BCUT2D eigenvalue weighted by atomic mass is 127. The van der Waals surface area contributed by atoms with E-state index in [0.29, 0.717) is 17.9 Å². The molecule has 3 nitrogen and oxygen atoms in total. The fourth-order valence-corrected chi connectivity index (χ4v) is 2.54. The summed E-state index contributed by atoms with van der Waals surface area (Å²) in [5.74, 6) is 0.453. The molecule has 0 radical (unpaired) electrons. The lowest BCUT2D eigenvalue weighted by Gasteiger charge is -2.12. The maximum absolute atomic E-state index is 12.4. The average Bonchev–Trinajstić information content (AvgIpc) is 2.43. The highest BCUT2D eigenvalue weighted by Gasteiger charge is 2.12. The second-order valence-electron chi connectivity index (χ2n) is 4.34. The third kappa shape index (κ3) is 3.50. The Morgan fingerprint density at radius 2 is 2.00 bits per heavy atom. The van der Waals surface area contributed by atoms with Crippen molar-refractivity contribution >= 4 is 34.2 Å². The van der Waals surface area contributed by atoms with Crippen molar-refractivity contribution in [3.8, 4) is 5.75 Å². The third-order valence-electron chi connectivity index (χ3n) is 2.87. The molecule has 0 aliphatic rings. The number of amides is 1. The Kier molecular flexibility index (Phi) is 5.00. The van der Waals surface area contributed by atoms with Crippen LogP contribution in [-0.2, 0) is 0 Å².